The van der Waals surface area contributed by atoms with Crippen LogP contribution in [-0.4, -0.2) is 22.2 Å². The molecule has 0 aliphatic carbocycles. The van der Waals surface area contributed by atoms with Gasteiger partial charge in [-0.25, -0.2) is 0 Å². The van der Waals surface area contributed by atoms with Crippen LogP contribution in [0, 0.1) is 5.41 Å². The molecular formula is C16H30O4. The number of carboxylic acid groups (broad SMARTS) is 2. The summed E-state index contributed by atoms with van der Waals surface area (Å²) in [5.41, 5.74) is -1.06. The van der Waals surface area contributed by atoms with Crippen LogP contribution in [0.1, 0.15) is 84.5 Å². The quantitative estimate of drug-likeness (QED) is 0.490. The predicted octanol–water partition coefficient (Wildman–Crippen LogP) is 4.47. The summed E-state index contributed by atoms with van der Waals surface area (Å²) in [6.07, 6.45) is 8.66. The SMILES string of the molecule is CCCCCCC(CCCCCC)(CC(=O)O)C(=O)O. The van der Waals surface area contributed by atoms with Gasteiger partial charge in [0.25, 0.3) is 0 Å². The normalized spacial score (nSPS) is 11.5. The van der Waals surface area contributed by atoms with E-state index in [1.807, 2.05) is 0 Å². The summed E-state index contributed by atoms with van der Waals surface area (Å²) >= 11 is 0. The third kappa shape index (κ3) is 7.51. The van der Waals surface area contributed by atoms with Gasteiger partial charge in [0.2, 0.25) is 0 Å². The van der Waals surface area contributed by atoms with Crippen molar-refractivity contribution < 1.29 is 19.8 Å². The number of rotatable bonds is 13. The zero-order chi connectivity index (χ0) is 15.4. The molecule has 0 radical (unpaired) electrons. The van der Waals surface area contributed by atoms with E-state index in [-0.39, 0.29) is 6.42 Å². The lowest BCUT2D eigenvalue weighted by atomic mass is 9.75. The lowest BCUT2D eigenvalue weighted by Crippen LogP contribution is -2.33. The van der Waals surface area contributed by atoms with Crippen molar-refractivity contribution in [3.05, 3.63) is 0 Å². The van der Waals surface area contributed by atoms with Crippen LogP contribution in [0.15, 0.2) is 0 Å². The Hall–Kier alpha value is -1.06. The van der Waals surface area contributed by atoms with Gasteiger partial charge in [-0.05, 0) is 12.8 Å². The Bertz CT molecular complexity index is 274. The highest BCUT2D eigenvalue weighted by Gasteiger charge is 2.39. The highest BCUT2D eigenvalue weighted by Crippen LogP contribution is 2.36. The highest BCUT2D eigenvalue weighted by atomic mass is 16.4. The third-order valence-electron chi connectivity index (χ3n) is 3.96. The van der Waals surface area contributed by atoms with Crippen molar-refractivity contribution in [2.24, 2.45) is 5.41 Å². The molecule has 0 atom stereocenters. The largest absolute Gasteiger partial charge is 0.481 e. The molecule has 0 aromatic carbocycles. The second-order valence-electron chi connectivity index (χ2n) is 5.78. The minimum Gasteiger partial charge on any atom is -0.481 e. The van der Waals surface area contributed by atoms with E-state index in [2.05, 4.69) is 13.8 Å². The van der Waals surface area contributed by atoms with Gasteiger partial charge in [-0.1, -0.05) is 65.2 Å². The van der Waals surface area contributed by atoms with E-state index in [1.54, 1.807) is 0 Å². The Kier molecular flexibility index (Phi) is 10.1. The fraction of sp³-hybridized carbons (Fsp3) is 0.875. The van der Waals surface area contributed by atoms with E-state index in [0.29, 0.717) is 12.8 Å². The molecule has 0 aromatic heterocycles. The topological polar surface area (TPSA) is 74.6 Å². The minimum atomic E-state index is -1.06. The average Bonchev–Trinajstić information content (AvgIpc) is 2.38. The van der Waals surface area contributed by atoms with Gasteiger partial charge in [0.1, 0.15) is 0 Å². The van der Waals surface area contributed by atoms with Crippen LogP contribution in [0.25, 0.3) is 0 Å². The second kappa shape index (κ2) is 10.7. The molecule has 0 unspecified atom stereocenters. The van der Waals surface area contributed by atoms with E-state index in [0.717, 1.165) is 51.4 Å². The van der Waals surface area contributed by atoms with Gasteiger partial charge in [-0.3, -0.25) is 9.59 Å². The molecule has 0 saturated heterocycles. The number of carbonyl (C=O) groups is 2. The molecule has 4 nitrogen and oxygen atoms in total. The van der Waals surface area contributed by atoms with Crippen molar-refractivity contribution >= 4 is 11.9 Å². The van der Waals surface area contributed by atoms with Gasteiger partial charge in [0.15, 0.2) is 0 Å². The minimum absolute atomic E-state index is 0.249. The zero-order valence-electron chi connectivity index (χ0n) is 13.0. The summed E-state index contributed by atoms with van der Waals surface area (Å²) in [5.74, 6) is -1.94. The van der Waals surface area contributed by atoms with Crippen LogP contribution < -0.4 is 0 Å². The molecule has 0 aliphatic heterocycles. The van der Waals surface area contributed by atoms with Gasteiger partial charge in [0, 0.05) is 0 Å². The Morgan fingerprint density at radius 1 is 0.800 bits per heavy atom. The predicted molar refractivity (Wildman–Crippen MR) is 79.8 cm³/mol. The van der Waals surface area contributed by atoms with Crippen molar-refractivity contribution in [2.75, 3.05) is 0 Å². The van der Waals surface area contributed by atoms with Crippen molar-refractivity contribution in [1.29, 1.82) is 0 Å². The lowest BCUT2D eigenvalue weighted by molar-refractivity contribution is -0.157. The Balaban J connectivity index is 4.58. The van der Waals surface area contributed by atoms with Gasteiger partial charge >= 0.3 is 11.9 Å². The molecule has 0 saturated carbocycles. The van der Waals surface area contributed by atoms with Gasteiger partial charge < -0.3 is 10.2 Å². The van der Waals surface area contributed by atoms with Crippen molar-refractivity contribution in [2.45, 2.75) is 84.5 Å². The first kappa shape index (κ1) is 18.9. The van der Waals surface area contributed by atoms with Gasteiger partial charge in [-0.15, -0.1) is 0 Å². The molecule has 0 aromatic rings. The fourth-order valence-corrected chi connectivity index (χ4v) is 2.66. The lowest BCUT2D eigenvalue weighted by Gasteiger charge is -2.28. The molecule has 2 N–H and O–H groups in total. The number of hydrogen-bond acceptors (Lipinski definition) is 2. The maximum Gasteiger partial charge on any atom is 0.310 e. The van der Waals surface area contributed by atoms with Crippen LogP contribution in [-0.2, 0) is 9.59 Å². The molecule has 118 valence electrons. The summed E-state index contributed by atoms with van der Waals surface area (Å²) in [5, 5.41) is 18.6. The maximum atomic E-state index is 11.6. The number of carboxylic acids is 2. The van der Waals surface area contributed by atoms with E-state index in [1.165, 1.54) is 0 Å². The molecule has 0 spiro atoms. The Labute approximate surface area is 122 Å². The van der Waals surface area contributed by atoms with E-state index >= 15 is 0 Å². The fourth-order valence-electron chi connectivity index (χ4n) is 2.66. The first-order valence-electron chi connectivity index (χ1n) is 7.93. The number of hydrogen-bond donors (Lipinski definition) is 2. The van der Waals surface area contributed by atoms with Gasteiger partial charge in [-0.2, -0.15) is 0 Å². The van der Waals surface area contributed by atoms with Crippen LogP contribution >= 0.6 is 0 Å². The van der Waals surface area contributed by atoms with Crippen molar-refractivity contribution in [3.63, 3.8) is 0 Å². The van der Waals surface area contributed by atoms with Crippen LogP contribution in [0.5, 0.6) is 0 Å². The summed E-state index contributed by atoms with van der Waals surface area (Å²) in [7, 11) is 0. The van der Waals surface area contributed by atoms with Crippen LogP contribution in [0.3, 0.4) is 0 Å². The molecule has 0 aliphatic rings. The smallest absolute Gasteiger partial charge is 0.310 e. The Morgan fingerprint density at radius 2 is 1.25 bits per heavy atom. The van der Waals surface area contributed by atoms with Crippen molar-refractivity contribution in [3.8, 4) is 0 Å². The Morgan fingerprint density at radius 3 is 1.55 bits per heavy atom. The third-order valence-corrected chi connectivity index (χ3v) is 3.96. The standard InChI is InChI=1S/C16H30O4/c1-3-5-7-9-11-16(15(19)20,13-14(17)18)12-10-8-6-4-2/h3-13H2,1-2H3,(H,17,18)(H,19,20). The number of aliphatic carboxylic acids is 2. The average molecular weight is 286 g/mol. The van der Waals surface area contributed by atoms with E-state index in [9.17, 15) is 14.7 Å². The first-order valence-corrected chi connectivity index (χ1v) is 7.93. The summed E-state index contributed by atoms with van der Waals surface area (Å²) in [4.78, 5) is 22.7. The summed E-state index contributed by atoms with van der Waals surface area (Å²) in [6, 6.07) is 0. The molecule has 20 heavy (non-hydrogen) atoms. The summed E-state index contributed by atoms with van der Waals surface area (Å²) in [6.45, 7) is 4.21. The molecule has 0 rings (SSSR count). The zero-order valence-corrected chi connectivity index (χ0v) is 13.0. The van der Waals surface area contributed by atoms with Crippen LogP contribution in [0.4, 0.5) is 0 Å². The van der Waals surface area contributed by atoms with E-state index in [4.69, 9.17) is 5.11 Å². The molecule has 0 amide bonds. The second-order valence-corrected chi connectivity index (χ2v) is 5.78. The molecule has 0 bridgehead atoms. The first-order chi connectivity index (χ1) is 9.48. The van der Waals surface area contributed by atoms with Crippen LogP contribution in [0.2, 0.25) is 0 Å². The molecular weight excluding hydrogens is 256 g/mol. The molecule has 0 fully saturated rings. The van der Waals surface area contributed by atoms with Gasteiger partial charge in [0.05, 0.1) is 11.8 Å². The number of unbranched alkanes of at least 4 members (excludes halogenated alkanes) is 6. The monoisotopic (exact) mass is 286 g/mol. The highest BCUT2D eigenvalue weighted by molar-refractivity contribution is 5.81. The molecule has 4 heteroatoms. The van der Waals surface area contributed by atoms with Crippen molar-refractivity contribution in [1.82, 2.24) is 0 Å². The molecule has 0 heterocycles. The maximum absolute atomic E-state index is 11.6. The summed E-state index contributed by atoms with van der Waals surface area (Å²) < 4.78 is 0. The van der Waals surface area contributed by atoms with E-state index < -0.39 is 17.4 Å².